The Morgan fingerprint density at radius 2 is 2.46 bits per heavy atom. The van der Waals surface area contributed by atoms with Crippen LogP contribution in [0.4, 0.5) is 0 Å². The van der Waals surface area contributed by atoms with Gasteiger partial charge in [0.1, 0.15) is 0 Å². The highest BCUT2D eigenvalue weighted by Gasteiger charge is 2.05. The lowest BCUT2D eigenvalue weighted by molar-refractivity contribution is 0.0951. The molecule has 1 amide bonds. The predicted octanol–water partition coefficient (Wildman–Crippen LogP) is 0.102. The van der Waals surface area contributed by atoms with Gasteiger partial charge in [-0.15, -0.1) is 0 Å². The first kappa shape index (κ1) is 9.80. The van der Waals surface area contributed by atoms with Gasteiger partial charge in [0.05, 0.1) is 5.56 Å². The van der Waals surface area contributed by atoms with Crippen LogP contribution in [0.2, 0.25) is 0 Å². The molecule has 1 atom stereocenters. The van der Waals surface area contributed by atoms with Crippen molar-refractivity contribution in [1.82, 2.24) is 9.88 Å². The van der Waals surface area contributed by atoms with E-state index in [0.29, 0.717) is 12.1 Å². The molecule has 1 aromatic heterocycles. The monoisotopic (exact) mass is 181 g/mol. The summed E-state index contributed by atoms with van der Waals surface area (Å²) in [5.41, 5.74) is 6.17. The minimum Gasteiger partial charge on any atom is -0.356 e. The molecular weight excluding hydrogens is 166 g/mol. The number of aryl methyl sites for hydroxylation is 1. The number of nitrogens with two attached hydrogens (primary N) is 1. The van der Waals surface area contributed by atoms with E-state index in [4.69, 9.17) is 5.73 Å². The molecule has 1 unspecified atom stereocenters. The Morgan fingerprint density at radius 3 is 2.92 bits per heavy atom. The maximum atomic E-state index is 11.4. The standard InChI is InChI=1S/C9H15N3O/c1-7(10)5-11-9(13)8-3-4-12(2)6-8/h3-4,6-7H,5,10H2,1-2H3,(H,11,13). The van der Waals surface area contributed by atoms with E-state index in [-0.39, 0.29) is 11.9 Å². The largest absolute Gasteiger partial charge is 0.356 e. The summed E-state index contributed by atoms with van der Waals surface area (Å²) in [5.74, 6) is -0.0714. The van der Waals surface area contributed by atoms with Crippen LogP contribution in [0.1, 0.15) is 17.3 Å². The Labute approximate surface area is 77.7 Å². The zero-order valence-electron chi connectivity index (χ0n) is 7.95. The van der Waals surface area contributed by atoms with Gasteiger partial charge in [0, 0.05) is 32.0 Å². The van der Waals surface area contributed by atoms with Gasteiger partial charge in [0.25, 0.3) is 5.91 Å². The molecule has 13 heavy (non-hydrogen) atoms. The fraction of sp³-hybridized carbons (Fsp3) is 0.444. The third kappa shape index (κ3) is 2.91. The molecule has 0 saturated heterocycles. The maximum absolute atomic E-state index is 11.4. The number of aromatic nitrogens is 1. The summed E-state index contributed by atoms with van der Waals surface area (Å²) >= 11 is 0. The van der Waals surface area contributed by atoms with Crippen LogP contribution in [0.5, 0.6) is 0 Å². The summed E-state index contributed by atoms with van der Waals surface area (Å²) in [5, 5.41) is 2.73. The predicted molar refractivity (Wildman–Crippen MR) is 51.4 cm³/mol. The number of amides is 1. The van der Waals surface area contributed by atoms with Crippen molar-refractivity contribution in [3.8, 4) is 0 Å². The lowest BCUT2D eigenvalue weighted by atomic mass is 10.3. The van der Waals surface area contributed by atoms with E-state index in [9.17, 15) is 4.79 Å². The van der Waals surface area contributed by atoms with Crippen molar-refractivity contribution in [2.75, 3.05) is 6.54 Å². The first-order valence-electron chi connectivity index (χ1n) is 4.25. The van der Waals surface area contributed by atoms with Gasteiger partial charge in [0.2, 0.25) is 0 Å². The molecule has 4 nitrogen and oxygen atoms in total. The number of hydrogen-bond acceptors (Lipinski definition) is 2. The van der Waals surface area contributed by atoms with E-state index in [0.717, 1.165) is 0 Å². The van der Waals surface area contributed by atoms with Crippen molar-refractivity contribution in [1.29, 1.82) is 0 Å². The maximum Gasteiger partial charge on any atom is 0.252 e. The van der Waals surface area contributed by atoms with Gasteiger partial charge in [-0.1, -0.05) is 0 Å². The molecule has 1 aromatic rings. The van der Waals surface area contributed by atoms with Crippen LogP contribution in [0.3, 0.4) is 0 Å². The van der Waals surface area contributed by atoms with E-state index in [1.807, 2.05) is 24.7 Å². The van der Waals surface area contributed by atoms with Gasteiger partial charge in [0.15, 0.2) is 0 Å². The topological polar surface area (TPSA) is 60.0 Å². The van der Waals surface area contributed by atoms with Gasteiger partial charge >= 0.3 is 0 Å². The summed E-state index contributed by atoms with van der Waals surface area (Å²) in [6.07, 6.45) is 3.61. The molecule has 0 aromatic carbocycles. The third-order valence-corrected chi connectivity index (χ3v) is 1.68. The Hall–Kier alpha value is -1.29. The van der Waals surface area contributed by atoms with Crippen LogP contribution in [0.15, 0.2) is 18.5 Å². The number of nitrogens with zero attached hydrogens (tertiary/aromatic N) is 1. The number of carbonyl (C=O) groups is 1. The van der Waals surface area contributed by atoms with E-state index in [1.165, 1.54) is 0 Å². The third-order valence-electron chi connectivity index (χ3n) is 1.68. The Bertz CT molecular complexity index is 291. The molecule has 0 fully saturated rings. The summed E-state index contributed by atoms with van der Waals surface area (Å²) in [7, 11) is 1.88. The van der Waals surface area contributed by atoms with Crippen LogP contribution in [0.25, 0.3) is 0 Å². The highest BCUT2D eigenvalue weighted by Crippen LogP contribution is 1.98. The molecule has 1 heterocycles. The molecule has 0 saturated carbocycles. The van der Waals surface area contributed by atoms with E-state index in [2.05, 4.69) is 5.32 Å². The Kier molecular flexibility index (Phi) is 3.08. The molecule has 0 aliphatic heterocycles. The average molecular weight is 181 g/mol. The fourth-order valence-electron chi connectivity index (χ4n) is 0.993. The highest BCUT2D eigenvalue weighted by molar-refractivity contribution is 5.93. The second-order valence-electron chi connectivity index (χ2n) is 3.25. The lowest BCUT2D eigenvalue weighted by Crippen LogP contribution is -2.34. The average Bonchev–Trinajstić information content (AvgIpc) is 2.47. The quantitative estimate of drug-likeness (QED) is 0.695. The second-order valence-corrected chi connectivity index (χ2v) is 3.25. The van der Waals surface area contributed by atoms with Crippen LogP contribution in [0, 0.1) is 0 Å². The van der Waals surface area contributed by atoms with Crippen molar-refractivity contribution in [3.63, 3.8) is 0 Å². The van der Waals surface area contributed by atoms with Gasteiger partial charge < -0.3 is 15.6 Å². The number of hydrogen-bond donors (Lipinski definition) is 2. The van der Waals surface area contributed by atoms with Crippen LogP contribution in [-0.2, 0) is 7.05 Å². The molecule has 3 N–H and O–H groups in total. The summed E-state index contributed by atoms with van der Waals surface area (Å²) in [6, 6.07) is 1.77. The number of rotatable bonds is 3. The molecule has 0 spiro atoms. The fourth-order valence-corrected chi connectivity index (χ4v) is 0.993. The van der Waals surface area contributed by atoms with Gasteiger partial charge in [-0.3, -0.25) is 4.79 Å². The summed E-state index contributed by atoms with van der Waals surface area (Å²) in [4.78, 5) is 11.4. The lowest BCUT2D eigenvalue weighted by Gasteiger charge is -2.05. The molecule has 4 heteroatoms. The first-order valence-corrected chi connectivity index (χ1v) is 4.25. The van der Waals surface area contributed by atoms with Crippen LogP contribution >= 0.6 is 0 Å². The van der Waals surface area contributed by atoms with Gasteiger partial charge in [-0.2, -0.15) is 0 Å². The van der Waals surface area contributed by atoms with E-state index < -0.39 is 0 Å². The zero-order chi connectivity index (χ0) is 9.84. The zero-order valence-corrected chi connectivity index (χ0v) is 7.95. The Morgan fingerprint density at radius 1 is 1.77 bits per heavy atom. The molecule has 0 aliphatic carbocycles. The van der Waals surface area contributed by atoms with Gasteiger partial charge in [-0.05, 0) is 13.0 Å². The minimum atomic E-state index is -0.0714. The summed E-state index contributed by atoms with van der Waals surface area (Å²) in [6.45, 7) is 2.36. The van der Waals surface area contributed by atoms with Crippen LogP contribution < -0.4 is 11.1 Å². The van der Waals surface area contributed by atoms with Crippen molar-refractivity contribution >= 4 is 5.91 Å². The van der Waals surface area contributed by atoms with Crippen molar-refractivity contribution in [2.45, 2.75) is 13.0 Å². The van der Waals surface area contributed by atoms with Crippen molar-refractivity contribution in [3.05, 3.63) is 24.0 Å². The molecule has 72 valence electrons. The molecule has 0 bridgehead atoms. The normalized spacial score (nSPS) is 12.5. The van der Waals surface area contributed by atoms with E-state index in [1.54, 1.807) is 12.3 Å². The van der Waals surface area contributed by atoms with Crippen molar-refractivity contribution < 1.29 is 4.79 Å². The first-order chi connectivity index (χ1) is 6.09. The summed E-state index contributed by atoms with van der Waals surface area (Å²) < 4.78 is 1.83. The minimum absolute atomic E-state index is 0.00679. The molecule has 0 aliphatic rings. The molecule has 1 rings (SSSR count). The van der Waals surface area contributed by atoms with Crippen molar-refractivity contribution in [2.24, 2.45) is 12.8 Å². The SMILES string of the molecule is CC(N)CNC(=O)c1ccn(C)c1. The van der Waals surface area contributed by atoms with E-state index >= 15 is 0 Å². The van der Waals surface area contributed by atoms with Gasteiger partial charge in [-0.25, -0.2) is 0 Å². The molecule has 0 radical (unpaired) electrons. The van der Waals surface area contributed by atoms with Crippen LogP contribution in [-0.4, -0.2) is 23.1 Å². The number of nitrogens with one attached hydrogen (secondary N) is 1. The Balaban J connectivity index is 2.49. The molecular formula is C9H15N3O. The smallest absolute Gasteiger partial charge is 0.252 e. The second kappa shape index (κ2) is 4.09. The number of carbonyl (C=O) groups excluding carboxylic acids is 1. The highest BCUT2D eigenvalue weighted by atomic mass is 16.1.